The predicted molar refractivity (Wildman–Crippen MR) is 70.6 cm³/mol. The van der Waals surface area contributed by atoms with Crippen LogP contribution in [0.5, 0.6) is 0 Å². The molecule has 100 valence electrons. The Bertz CT molecular complexity index is 538. The van der Waals surface area contributed by atoms with Gasteiger partial charge >= 0.3 is 0 Å². The molecular formula is C12H18N2O3S. The number of nitrogens with one attached hydrogen (secondary N) is 2. The molecule has 1 aromatic carbocycles. The van der Waals surface area contributed by atoms with Crippen molar-refractivity contribution in [2.45, 2.75) is 19.6 Å². The number of sulfonamides is 1. The topological polar surface area (TPSA) is 75.3 Å². The van der Waals surface area contributed by atoms with Gasteiger partial charge in [0.15, 0.2) is 0 Å². The van der Waals surface area contributed by atoms with Gasteiger partial charge in [-0.2, -0.15) is 0 Å². The monoisotopic (exact) mass is 270 g/mol. The SMILES string of the molecule is CNC(=O)CNS(=O)(=O)Cc1cc(C)ccc1C. The molecule has 0 unspecified atom stereocenters. The summed E-state index contributed by atoms with van der Waals surface area (Å²) in [6.45, 7) is 3.54. The summed E-state index contributed by atoms with van der Waals surface area (Å²) in [6, 6.07) is 5.66. The Morgan fingerprint density at radius 1 is 1.28 bits per heavy atom. The summed E-state index contributed by atoms with van der Waals surface area (Å²) in [4.78, 5) is 11.0. The molecule has 0 saturated carbocycles. The van der Waals surface area contributed by atoms with E-state index in [0.717, 1.165) is 16.7 Å². The van der Waals surface area contributed by atoms with E-state index < -0.39 is 10.0 Å². The number of hydrogen-bond acceptors (Lipinski definition) is 3. The molecule has 0 bridgehead atoms. The third kappa shape index (κ3) is 4.46. The molecule has 1 amide bonds. The highest BCUT2D eigenvalue weighted by atomic mass is 32.2. The van der Waals surface area contributed by atoms with E-state index in [1.807, 2.05) is 32.0 Å². The van der Waals surface area contributed by atoms with Gasteiger partial charge in [-0.15, -0.1) is 0 Å². The number of carbonyl (C=O) groups excluding carboxylic acids is 1. The number of aryl methyl sites for hydroxylation is 2. The lowest BCUT2D eigenvalue weighted by molar-refractivity contribution is -0.119. The average molecular weight is 270 g/mol. The van der Waals surface area contributed by atoms with E-state index in [4.69, 9.17) is 0 Å². The minimum Gasteiger partial charge on any atom is -0.358 e. The second-order valence-corrected chi connectivity index (χ2v) is 5.99. The maximum atomic E-state index is 11.8. The smallest absolute Gasteiger partial charge is 0.234 e. The van der Waals surface area contributed by atoms with E-state index in [-0.39, 0.29) is 18.2 Å². The third-order valence-electron chi connectivity index (χ3n) is 2.58. The fourth-order valence-electron chi connectivity index (χ4n) is 1.48. The summed E-state index contributed by atoms with van der Waals surface area (Å²) in [5.41, 5.74) is 2.68. The van der Waals surface area contributed by atoms with Gasteiger partial charge in [0.25, 0.3) is 0 Å². The number of hydrogen-bond donors (Lipinski definition) is 2. The molecule has 5 nitrogen and oxygen atoms in total. The van der Waals surface area contributed by atoms with Gasteiger partial charge < -0.3 is 5.32 Å². The Kier molecular flexibility index (Phi) is 4.86. The minimum atomic E-state index is -3.49. The molecule has 18 heavy (non-hydrogen) atoms. The maximum Gasteiger partial charge on any atom is 0.234 e. The van der Waals surface area contributed by atoms with Crippen molar-refractivity contribution in [3.8, 4) is 0 Å². The lowest BCUT2D eigenvalue weighted by Crippen LogP contribution is -2.35. The number of benzene rings is 1. The van der Waals surface area contributed by atoms with Crippen molar-refractivity contribution in [3.63, 3.8) is 0 Å². The molecule has 6 heteroatoms. The number of likely N-dealkylation sites (N-methyl/N-ethyl adjacent to an activating group) is 1. The van der Waals surface area contributed by atoms with Crippen LogP contribution in [0.3, 0.4) is 0 Å². The number of amides is 1. The second kappa shape index (κ2) is 5.97. The van der Waals surface area contributed by atoms with Crippen molar-refractivity contribution >= 4 is 15.9 Å². The quantitative estimate of drug-likeness (QED) is 0.816. The molecule has 0 atom stereocenters. The molecule has 0 aromatic heterocycles. The van der Waals surface area contributed by atoms with Crippen molar-refractivity contribution in [1.82, 2.24) is 10.0 Å². The minimum absolute atomic E-state index is 0.114. The van der Waals surface area contributed by atoms with Crippen molar-refractivity contribution in [2.24, 2.45) is 0 Å². The van der Waals surface area contributed by atoms with Crippen LogP contribution in [-0.2, 0) is 20.6 Å². The summed E-state index contributed by atoms with van der Waals surface area (Å²) in [5.74, 6) is -0.475. The molecule has 0 saturated heterocycles. The largest absolute Gasteiger partial charge is 0.358 e. The third-order valence-corrected chi connectivity index (χ3v) is 3.86. The van der Waals surface area contributed by atoms with Gasteiger partial charge in [0.05, 0.1) is 12.3 Å². The number of carbonyl (C=O) groups is 1. The first-order chi connectivity index (χ1) is 8.34. The Labute approximate surface area is 108 Å². The fraction of sp³-hybridized carbons (Fsp3) is 0.417. The van der Waals surface area contributed by atoms with Crippen LogP contribution in [0, 0.1) is 13.8 Å². The Balaban J connectivity index is 2.76. The van der Waals surface area contributed by atoms with Crippen LogP contribution in [0.25, 0.3) is 0 Å². The molecule has 0 aliphatic heterocycles. The first kappa shape index (κ1) is 14.7. The predicted octanol–water partition coefficient (Wildman–Crippen LogP) is 0.469. The molecule has 2 N–H and O–H groups in total. The number of rotatable bonds is 5. The lowest BCUT2D eigenvalue weighted by Gasteiger charge is -2.09. The van der Waals surface area contributed by atoms with Gasteiger partial charge in [-0.1, -0.05) is 23.8 Å². The molecule has 0 spiro atoms. The van der Waals surface area contributed by atoms with Crippen LogP contribution in [0.4, 0.5) is 0 Å². The van der Waals surface area contributed by atoms with E-state index >= 15 is 0 Å². The zero-order chi connectivity index (χ0) is 13.8. The Morgan fingerprint density at radius 3 is 2.56 bits per heavy atom. The van der Waals surface area contributed by atoms with Crippen LogP contribution >= 0.6 is 0 Å². The molecule has 0 aliphatic carbocycles. The first-order valence-corrected chi connectivity index (χ1v) is 7.23. The molecule has 0 heterocycles. The molecule has 0 fully saturated rings. The summed E-state index contributed by atoms with van der Waals surface area (Å²) in [5, 5.41) is 2.36. The van der Waals surface area contributed by atoms with Crippen molar-refractivity contribution in [1.29, 1.82) is 0 Å². The zero-order valence-corrected chi connectivity index (χ0v) is 11.6. The Morgan fingerprint density at radius 2 is 1.94 bits per heavy atom. The second-order valence-electron chi connectivity index (χ2n) is 4.18. The van der Waals surface area contributed by atoms with Gasteiger partial charge in [0, 0.05) is 7.05 Å². The van der Waals surface area contributed by atoms with E-state index in [2.05, 4.69) is 10.0 Å². The van der Waals surface area contributed by atoms with Gasteiger partial charge in [0.1, 0.15) is 0 Å². The highest BCUT2D eigenvalue weighted by molar-refractivity contribution is 7.88. The molecule has 1 aromatic rings. The highest BCUT2D eigenvalue weighted by Crippen LogP contribution is 2.13. The van der Waals surface area contributed by atoms with Gasteiger partial charge in [0.2, 0.25) is 15.9 Å². The van der Waals surface area contributed by atoms with E-state index in [0.29, 0.717) is 0 Å². The fourth-order valence-corrected chi connectivity index (χ4v) is 2.65. The van der Waals surface area contributed by atoms with Gasteiger partial charge in [-0.3, -0.25) is 4.79 Å². The average Bonchev–Trinajstić information content (AvgIpc) is 2.30. The Hall–Kier alpha value is -1.40. The van der Waals surface area contributed by atoms with Crippen molar-refractivity contribution in [2.75, 3.05) is 13.6 Å². The van der Waals surface area contributed by atoms with Crippen LogP contribution in [-0.4, -0.2) is 27.9 Å². The van der Waals surface area contributed by atoms with Crippen LogP contribution in [0.2, 0.25) is 0 Å². The van der Waals surface area contributed by atoms with Gasteiger partial charge in [-0.05, 0) is 25.0 Å². The standard InChI is InChI=1S/C12H18N2O3S/c1-9-4-5-10(2)11(6-9)8-18(16,17)14-7-12(15)13-3/h4-6,14H,7-8H2,1-3H3,(H,13,15). The van der Waals surface area contributed by atoms with Crippen LogP contribution < -0.4 is 10.0 Å². The van der Waals surface area contributed by atoms with Crippen molar-refractivity contribution < 1.29 is 13.2 Å². The van der Waals surface area contributed by atoms with Crippen molar-refractivity contribution in [3.05, 3.63) is 34.9 Å². The molecular weight excluding hydrogens is 252 g/mol. The van der Waals surface area contributed by atoms with Gasteiger partial charge in [-0.25, -0.2) is 13.1 Å². The normalized spacial score (nSPS) is 11.3. The summed E-state index contributed by atoms with van der Waals surface area (Å²) >= 11 is 0. The van der Waals surface area contributed by atoms with E-state index in [1.165, 1.54) is 7.05 Å². The summed E-state index contributed by atoms with van der Waals surface area (Å²) in [7, 11) is -2.03. The maximum absolute atomic E-state index is 11.8. The molecule has 1 rings (SSSR count). The molecule has 0 radical (unpaired) electrons. The van der Waals surface area contributed by atoms with Crippen LogP contribution in [0.1, 0.15) is 16.7 Å². The molecule has 0 aliphatic rings. The zero-order valence-electron chi connectivity index (χ0n) is 10.8. The first-order valence-electron chi connectivity index (χ1n) is 5.58. The summed E-state index contributed by atoms with van der Waals surface area (Å²) < 4.78 is 25.9. The van der Waals surface area contributed by atoms with E-state index in [1.54, 1.807) is 0 Å². The van der Waals surface area contributed by atoms with E-state index in [9.17, 15) is 13.2 Å². The van der Waals surface area contributed by atoms with Crippen LogP contribution in [0.15, 0.2) is 18.2 Å². The summed E-state index contributed by atoms with van der Waals surface area (Å²) in [6.07, 6.45) is 0. The lowest BCUT2D eigenvalue weighted by atomic mass is 10.1. The highest BCUT2D eigenvalue weighted by Gasteiger charge is 2.14.